The number of hydrogen-bond acceptors (Lipinski definition) is 5. The van der Waals surface area contributed by atoms with Crippen molar-refractivity contribution in [1.29, 1.82) is 0 Å². The fourth-order valence-electron chi connectivity index (χ4n) is 2.70. The Morgan fingerprint density at radius 2 is 1.60 bits per heavy atom. The Morgan fingerprint density at radius 3 is 2.30 bits per heavy atom. The highest BCUT2D eigenvalue weighted by Gasteiger charge is 2.19. The van der Waals surface area contributed by atoms with Crippen LogP contribution in [-0.4, -0.2) is 23.3 Å². The predicted molar refractivity (Wildman–Crippen MR) is 110 cm³/mol. The van der Waals surface area contributed by atoms with E-state index in [1.807, 2.05) is 30.3 Å². The number of hydrogen-bond donors (Lipinski definition) is 3. The molecule has 3 rings (SSSR count). The second kappa shape index (κ2) is 9.88. The van der Waals surface area contributed by atoms with Gasteiger partial charge in [-0.2, -0.15) is 0 Å². The van der Waals surface area contributed by atoms with E-state index < -0.39 is 18.0 Å². The number of urea groups is 1. The van der Waals surface area contributed by atoms with Crippen LogP contribution in [0.3, 0.4) is 0 Å². The summed E-state index contributed by atoms with van der Waals surface area (Å²) in [6.45, 7) is 0.264. The van der Waals surface area contributed by atoms with Crippen LogP contribution in [0.5, 0.6) is 11.5 Å². The zero-order chi connectivity index (χ0) is 21.3. The van der Waals surface area contributed by atoms with Gasteiger partial charge in [0, 0.05) is 0 Å². The summed E-state index contributed by atoms with van der Waals surface area (Å²) in [5, 5.41) is 13.9. The molecule has 0 aliphatic carbocycles. The minimum Gasteiger partial charge on any atom is -0.508 e. The number of nitrogens with one attached hydrogen (secondary N) is 2. The highest BCUT2D eigenvalue weighted by Crippen LogP contribution is 2.20. The van der Waals surface area contributed by atoms with E-state index in [-0.39, 0.29) is 17.9 Å². The molecule has 151 valence electrons. The molecule has 0 aliphatic heterocycles. The molecule has 7 heteroatoms. The van der Waals surface area contributed by atoms with Crippen molar-refractivity contribution in [3.8, 4) is 11.5 Å². The molecule has 30 heavy (non-hydrogen) atoms. The summed E-state index contributed by atoms with van der Waals surface area (Å²) in [7, 11) is 0. The lowest BCUT2D eigenvalue weighted by Crippen LogP contribution is -2.41. The van der Waals surface area contributed by atoms with E-state index in [0.29, 0.717) is 11.3 Å². The van der Waals surface area contributed by atoms with Crippen LogP contribution in [0.4, 0.5) is 4.79 Å². The van der Waals surface area contributed by atoms with Gasteiger partial charge in [-0.1, -0.05) is 54.6 Å². The van der Waals surface area contributed by atoms with Gasteiger partial charge in [-0.15, -0.1) is 0 Å². The Kier molecular flexibility index (Phi) is 6.78. The van der Waals surface area contributed by atoms with Gasteiger partial charge >= 0.3 is 6.03 Å². The first kappa shape index (κ1) is 20.6. The topological polar surface area (TPSA) is 105 Å². The molecule has 3 N–H and O–H groups in total. The molecule has 0 bridgehead atoms. The molecule has 1 radical (unpaired) electrons. The number of aromatic hydroxyl groups is 1. The van der Waals surface area contributed by atoms with E-state index in [2.05, 4.69) is 10.6 Å². The number of para-hydroxylation sites is 1. The summed E-state index contributed by atoms with van der Waals surface area (Å²) in [6, 6.07) is 19.8. The lowest BCUT2D eigenvalue weighted by atomic mass is 10.1. The van der Waals surface area contributed by atoms with Crippen LogP contribution in [0.15, 0.2) is 78.9 Å². The molecule has 0 saturated heterocycles. The van der Waals surface area contributed by atoms with Gasteiger partial charge in [0.25, 0.3) is 5.91 Å². The number of carbonyl (C=O) groups excluding carboxylic acids is 3. The van der Waals surface area contributed by atoms with Crippen molar-refractivity contribution in [3.63, 3.8) is 0 Å². The van der Waals surface area contributed by atoms with E-state index in [1.54, 1.807) is 24.5 Å². The van der Waals surface area contributed by atoms with E-state index in [0.717, 1.165) is 5.56 Å². The second-order valence-corrected chi connectivity index (χ2v) is 6.34. The molecule has 0 aliphatic rings. The smallest absolute Gasteiger partial charge is 0.322 e. The van der Waals surface area contributed by atoms with E-state index in [4.69, 9.17) is 4.74 Å². The summed E-state index contributed by atoms with van der Waals surface area (Å²) in [6.07, 6.45) is 1.69. The third kappa shape index (κ3) is 5.45. The standard InChI is InChI=1S/C23H19N2O5/c26-14-20(17-10-12-18(27)13-11-17)24-23(29)25-22(28)19-8-4-5-9-21(19)30-15-16-6-2-1-3-7-16/h1-13,20,27H,15H2,(H2,24,25,28,29). The Balaban J connectivity index is 1.64. The van der Waals surface area contributed by atoms with Gasteiger partial charge in [0.15, 0.2) is 0 Å². The summed E-state index contributed by atoms with van der Waals surface area (Å²) >= 11 is 0. The highest BCUT2D eigenvalue weighted by atomic mass is 16.5. The zero-order valence-electron chi connectivity index (χ0n) is 15.9. The normalized spacial score (nSPS) is 11.2. The fraction of sp³-hybridized carbons (Fsp3) is 0.0870. The average molecular weight is 403 g/mol. The molecule has 0 saturated carbocycles. The number of ether oxygens (including phenoxy) is 1. The maximum Gasteiger partial charge on any atom is 0.322 e. The van der Waals surface area contributed by atoms with Crippen LogP contribution in [0.25, 0.3) is 0 Å². The van der Waals surface area contributed by atoms with Gasteiger partial charge in [0.2, 0.25) is 6.29 Å². The van der Waals surface area contributed by atoms with Crippen molar-refractivity contribution in [2.24, 2.45) is 0 Å². The Bertz CT molecular complexity index is 1020. The summed E-state index contributed by atoms with van der Waals surface area (Å²) in [5.74, 6) is -0.328. The van der Waals surface area contributed by atoms with Gasteiger partial charge in [0.1, 0.15) is 24.1 Å². The van der Waals surface area contributed by atoms with Gasteiger partial charge in [-0.25, -0.2) is 4.79 Å². The lowest BCUT2D eigenvalue weighted by Gasteiger charge is -2.14. The maximum absolute atomic E-state index is 12.6. The lowest BCUT2D eigenvalue weighted by molar-refractivity contribution is 0.0959. The number of phenols is 1. The van der Waals surface area contributed by atoms with Gasteiger partial charge in [0.05, 0.1) is 5.56 Å². The van der Waals surface area contributed by atoms with E-state index >= 15 is 0 Å². The molecule has 3 aromatic rings. The van der Waals surface area contributed by atoms with E-state index in [9.17, 15) is 19.5 Å². The second-order valence-electron chi connectivity index (χ2n) is 6.34. The maximum atomic E-state index is 12.6. The molecular formula is C23H19N2O5. The Morgan fingerprint density at radius 1 is 0.933 bits per heavy atom. The third-order valence-electron chi connectivity index (χ3n) is 4.22. The Labute approximate surface area is 173 Å². The third-order valence-corrected chi connectivity index (χ3v) is 4.22. The zero-order valence-corrected chi connectivity index (χ0v) is 15.9. The number of amides is 3. The molecule has 3 aromatic carbocycles. The molecule has 7 nitrogen and oxygen atoms in total. The minimum atomic E-state index is -1.09. The molecular weight excluding hydrogens is 384 g/mol. The van der Waals surface area contributed by atoms with Gasteiger partial charge in [-0.05, 0) is 35.4 Å². The SMILES string of the molecule is O=[C]C(NC(=O)NC(=O)c1ccccc1OCc1ccccc1)c1ccc(O)cc1. The molecule has 0 fully saturated rings. The van der Waals surface area contributed by atoms with Crippen molar-refractivity contribution in [3.05, 3.63) is 95.6 Å². The summed E-state index contributed by atoms with van der Waals surface area (Å²) < 4.78 is 5.73. The van der Waals surface area contributed by atoms with Gasteiger partial charge in [-0.3, -0.25) is 14.9 Å². The number of imide groups is 1. The monoisotopic (exact) mass is 403 g/mol. The number of phenolic OH excluding ortho intramolecular Hbond substituents is 1. The molecule has 3 amide bonds. The van der Waals surface area contributed by atoms with Crippen LogP contribution in [0, 0.1) is 0 Å². The van der Waals surface area contributed by atoms with Crippen molar-refractivity contribution in [2.75, 3.05) is 0 Å². The molecule has 0 heterocycles. The van der Waals surface area contributed by atoms with Crippen LogP contribution in [-0.2, 0) is 11.4 Å². The first-order valence-electron chi connectivity index (χ1n) is 9.11. The minimum absolute atomic E-state index is 0.0233. The highest BCUT2D eigenvalue weighted by molar-refractivity contribution is 6.06. The van der Waals surface area contributed by atoms with Crippen molar-refractivity contribution in [1.82, 2.24) is 10.6 Å². The largest absolute Gasteiger partial charge is 0.508 e. The van der Waals surface area contributed by atoms with Crippen LogP contribution in [0.1, 0.15) is 27.5 Å². The van der Waals surface area contributed by atoms with Crippen molar-refractivity contribution in [2.45, 2.75) is 12.6 Å². The average Bonchev–Trinajstić information content (AvgIpc) is 2.77. The first-order valence-corrected chi connectivity index (χ1v) is 9.11. The quantitative estimate of drug-likeness (QED) is 0.562. The number of benzene rings is 3. The van der Waals surface area contributed by atoms with Crippen molar-refractivity contribution < 1.29 is 24.2 Å². The number of rotatable bonds is 7. The van der Waals surface area contributed by atoms with Gasteiger partial charge < -0.3 is 15.2 Å². The summed E-state index contributed by atoms with van der Waals surface area (Å²) in [4.78, 5) is 36.0. The predicted octanol–water partition coefficient (Wildman–Crippen LogP) is 3.26. The molecule has 1 unspecified atom stereocenters. The first-order chi connectivity index (χ1) is 14.6. The molecule has 1 atom stereocenters. The van der Waals surface area contributed by atoms with Crippen LogP contribution < -0.4 is 15.4 Å². The van der Waals surface area contributed by atoms with E-state index in [1.165, 1.54) is 30.3 Å². The van der Waals surface area contributed by atoms with Crippen LogP contribution in [0.2, 0.25) is 0 Å². The fourth-order valence-corrected chi connectivity index (χ4v) is 2.70. The summed E-state index contributed by atoms with van der Waals surface area (Å²) in [5.41, 5.74) is 1.53. The van der Waals surface area contributed by atoms with Crippen molar-refractivity contribution >= 4 is 18.2 Å². The number of carbonyl (C=O) groups is 2. The molecule has 0 aromatic heterocycles. The Hall–Kier alpha value is -4.13. The molecule has 0 spiro atoms. The van der Waals surface area contributed by atoms with Crippen LogP contribution >= 0.6 is 0 Å².